The number of pyridine rings is 1. The number of piperidine rings is 2. The van der Waals surface area contributed by atoms with E-state index < -0.39 is 0 Å². The second-order valence-electron chi connectivity index (χ2n) is 9.79. The molecule has 2 aliphatic heterocycles. The van der Waals surface area contributed by atoms with Crippen LogP contribution in [-0.2, 0) is 11.3 Å². The van der Waals surface area contributed by atoms with Crippen molar-refractivity contribution in [2.24, 2.45) is 11.3 Å². The van der Waals surface area contributed by atoms with E-state index in [1.807, 2.05) is 18.5 Å². The van der Waals surface area contributed by atoms with E-state index in [0.717, 1.165) is 58.4 Å². The minimum atomic E-state index is -0.0644. The molecule has 0 aromatic carbocycles. The number of nitrogens with zero attached hydrogens (tertiary/aromatic N) is 3. The summed E-state index contributed by atoms with van der Waals surface area (Å²) in [6.45, 7) is 6.08. The van der Waals surface area contributed by atoms with Gasteiger partial charge in [0.05, 0.1) is 12.5 Å². The van der Waals surface area contributed by atoms with Crippen LogP contribution in [0.15, 0.2) is 24.5 Å². The van der Waals surface area contributed by atoms with Gasteiger partial charge in [-0.2, -0.15) is 0 Å². The molecule has 2 N–H and O–H groups in total. The second-order valence-corrected chi connectivity index (χ2v) is 9.79. The van der Waals surface area contributed by atoms with Gasteiger partial charge < -0.3 is 10.4 Å². The summed E-state index contributed by atoms with van der Waals surface area (Å²) in [4.78, 5) is 22.2. The highest BCUT2D eigenvalue weighted by Gasteiger charge is 2.36. The fourth-order valence-electron chi connectivity index (χ4n) is 5.68. The Bertz CT molecular complexity index is 669. The van der Waals surface area contributed by atoms with Crippen molar-refractivity contribution in [2.45, 2.75) is 64.0 Å². The molecule has 3 aliphatic rings. The first kappa shape index (κ1) is 21.7. The first-order valence-electron chi connectivity index (χ1n) is 11.9. The molecule has 0 spiro atoms. The van der Waals surface area contributed by atoms with Crippen molar-refractivity contribution in [3.63, 3.8) is 0 Å². The number of carbonyl (C=O) groups is 1. The highest BCUT2D eigenvalue weighted by Crippen LogP contribution is 2.37. The van der Waals surface area contributed by atoms with Gasteiger partial charge in [0.15, 0.2) is 0 Å². The normalized spacial score (nSPS) is 26.0. The third kappa shape index (κ3) is 5.40. The molecule has 166 valence electrons. The molecule has 1 saturated carbocycles. The van der Waals surface area contributed by atoms with Crippen molar-refractivity contribution in [3.8, 4) is 0 Å². The summed E-state index contributed by atoms with van der Waals surface area (Å²) in [5, 5.41) is 13.0. The van der Waals surface area contributed by atoms with Crippen LogP contribution < -0.4 is 5.32 Å². The molecule has 1 aliphatic carbocycles. The fraction of sp³-hybridized carbons (Fsp3) is 0.750. The number of nitrogens with one attached hydrogen (secondary N) is 1. The number of rotatable bonds is 7. The van der Waals surface area contributed by atoms with Crippen LogP contribution in [0.25, 0.3) is 0 Å². The van der Waals surface area contributed by atoms with Crippen molar-refractivity contribution < 1.29 is 9.90 Å². The molecule has 0 bridgehead atoms. The molecule has 4 rings (SSSR count). The van der Waals surface area contributed by atoms with E-state index >= 15 is 0 Å². The van der Waals surface area contributed by atoms with Crippen molar-refractivity contribution in [3.05, 3.63) is 30.1 Å². The minimum Gasteiger partial charge on any atom is -0.396 e. The predicted molar refractivity (Wildman–Crippen MR) is 118 cm³/mol. The Morgan fingerprint density at radius 2 is 1.97 bits per heavy atom. The van der Waals surface area contributed by atoms with Gasteiger partial charge in [0.2, 0.25) is 5.91 Å². The van der Waals surface area contributed by atoms with Crippen molar-refractivity contribution in [1.29, 1.82) is 0 Å². The first-order chi connectivity index (χ1) is 14.7. The lowest BCUT2D eigenvalue weighted by Crippen LogP contribution is -2.51. The average molecular weight is 415 g/mol. The summed E-state index contributed by atoms with van der Waals surface area (Å²) in [6.07, 6.45) is 12.7. The standard InChI is InChI=1S/C24H38N4O2/c29-19-24(9-1-2-10-24)18-26-23(30)21-6-4-12-28(17-21)22-7-13-27(14-8-22)16-20-5-3-11-25-15-20/h3,5,11,15,21-22,29H,1-2,4,6-10,12-14,16-19H2,(H,26,30)/t21-/m1/s1. The Labute approximate surface area is 181 Å². The molecular weight excluding hydrogens is 376 g/mol. The maximum atomic E-state index is 12.9. The third-order valence-electron chi connectivity index (χ3n) is 7.66. The van der Waals surface area contributed by atoms with Crippen molar-refractivity contribution >= 4 is 5.91 Å². The van der Waals surface area contributed by atoms with E-state index in [0.29, 0.717) is 12.6 Å². The van der Waals surface area contributed by atoms with Crippen LogP contribution in [0.3, 0.4) is 0 Å². The Morgan fingerprint density at radius 3 is 2.67 bits per heavy atom. The zero-order valence-corrected chi connectivity index (χ0v) is 18.3. The lowest BCUT2D eigenvalue weighted by atomic mass is 9.86. The predicted octanol–water partition coefficient (Wildman–Crippen LogP) is 2.43. The monoisotopic (exact) mass is 414 g/mol. The zero-order chi connectivity index (χ0) is 20.8. The number of aliphatic hydroxyl groups excluding tert-OH is 1. The molecule has 3 fully saturated rings. The summed E-state index contributed by atoms with van der Waals surface area (Å²) in [7, 11) is 0. The van der Waals surface area contributed by atoms with Gasteiger partial charge in [0.1, 0.15) is 0 Å². The summed E-state index contributed by atoms with van der Waals surface area (Å²) in [5.74, 6) is 0.303. The number of hydrogen-bond acceptors (Lipinski definition) is 5. The Morgan fingerprint density at radius 1 is 1.17 bits per heavy atom. The van der Waals surface area contributed by atoms with Crippen LogP contribution in [0, 0.1) is 11.3 Å². The number of hydrogen-bond donors (Lipinski definition) is 2. The number of amides is 1. The van der Waals surface area contributed by atoms with Crippen LogP contribution in [0.2, 0.25) is 0 Å². The smallest absolute Gasteiger partial charge is 0.224 e. The molecule has 0 radical (unpaired) electrons. The Kier molecular flexibility index (Phi) is 7.39. The topological polar surface area (TPSA) is 68.7 Å². The minimum absolute atomic E-state index is 0.0644. The van der Waals surface area contributed by atoms with Gasteiger partial charge in [-0.05, 0) is 69.8 Å². The highest BCUT2D eigenvalue weighted by atomic mass is 16.3. The molecule has 6 nitrogen and oxygen atoms in total. The largest absolute Gasteiger partial charge is 0.396 e. The van der Waals surface area contributed by atoms with Gasteiger partial charge >= 0.3 is 0 Å². The van der Waals surface area contributed by atoms with E-state index in [-0.39, 0.29) is 23.8 Å². The molecule has 3 heterocycles. The van der Waals surface area contributed by atoms with Gasteiger partial charge in [-0.1, -0.05) is 18.9 Å². The summed E-state index contributed by atoms with van der Waals surface area (Å²) >= 11 is 0. The van der Waals surface area contributed by atoms with Crippen LogP contribution in [0.4, 0.5) is 0 Å². The molecule has 6 heteroatoms. The summed E-state index contributed by atoms with van der Waals surface area (Å²) in [5.41, 5.74) is 1.22. The maximum Gasteiger partial charge on any atom is 0.224 e. The van der Waals surface area contributed by atoms with Crippen LogP contribution >= 0.6 is 0 Å². The van der Waals surface area contributed by atoms with E-state index in [2.05, 4.69) is 26.2 Å². The fourth-order valence-corrected chi connectivity index (χ4v) is 5.68. The first-order valence-corrected chi connectivity index (χ1v) is 11.9. The number of aromatic nitrogens is 1. The number of likely N-dealkylation sites (tertiary alicyclic amines) is 2. The quantitative estimate of drug-likeness (QED) is 0.717. The number of aliphatic hydroxyl groups is 1. The van der Waals surface area contributed by atoms with Gasteiger partial charge in [0.25, 0.3) is 0 Å². The van der Waals surface area contributed by atoms with Crippen molar-refractivity contribution in [2.75, 3.05) is 39.3 Å². The SMILES string of the molecule is O=C(NCC1(CO)CCCC1)[C@@H]1CCCN(C2CCN(Cc3cccnc3)CC2)C1. The molecule has 30 heavy (non-hydrogen) atoms. The Hall–Kier alpha value is -1.50. The zero-order valence-electron chi connectivity index (χ0n) is 18.3. The van der Waals surface area contributed by atoms with Crippen LogP contribution in [-0.4, -0.2) is 71.2 Å². The van der Waals surface area contributed by atoms with Gasteiger partial charge in [-0.25, -0.2) is 0 Å². The van der Waals surface area contributed by atoms with Crippen LogP contribution in [0.1, 0.15) is 56.9 Å². The maximum absolute atomic E-state index is 12.9. The molecule has 2 saturated heterocycles. The van der Waals surface area contributed by atoms with E-state index in [1.165, 1.54) is 31.2 Å². The van der Waals surface area contributed by atoms with E-state index in [9.17, 15) is 9.90 Å². The van der Waals surface area contributed by atoms with Gasteiger partial charge in [-0.15, -0.1) is 0 Å². The molecular formula is C24H38N4O2. The Balaban J connectivity index is 1.22. The molecule has 1 aromatic heterocycles. The summed E-state index contributed by atoms with van der Waals surface area (Å²) in [6, 6.07) is 4.76. The van der Waals surface area contributed by atoms with Crippen LogP contribution in [0.5, 0.6) is 0 Å². The second kappa shape index (κ2) is 10.2. The number of carbonyl (C=O) groups excluding carboxylic acids is 1. The third-order valence-corrected chi connectivity index (χ3v) is 7.66. The molecule has 1 atom stereocenters. The lowest BCUT2D eigenvalue weighted by molar-refractivity contribution is -0.127. The van der Waals surface area contributed by atoms with Gasteiger partial charge in [-0.3, -0.25) is 19.6 Å². The summed E-state index contributed by atoms with van der Waals surface area (Å²) < 4.78 is 0. The van der Waals surface area contributed by atoms with E-state index in [4.69, 9.17) is 0 Å². The average Bonchev–Trinajstić information content (AvgIpc) is 3.28. The molecule has 0 unspecified atom stereocenters. The molecule has 1 amide bonds. The molecule has 1 aromatic rings. The van der Waals surface area contributed by atoms with Crippen molar-refractivity contribution in [1.82, 2.24) is 20.1 Å². The lowest BCUT2D eigenvalue weighted by Gasteiger charge is -2.42. The van der Waals surface area contributed by atoms with Gasteiger partial charge in [0, 0.05) is 43.5 Å². The highest BCUT2D eigenvalue weighted by molar-refractivity contribution is 5.79. The van der Waals surface area contributed by atoms with E-state index in [1.54, 1.807) is 0 Å².